The molecule has 0 amide bonds. The van der Waals surface area contributed by atoms with Gasteiger partial charge in [0.05, 0.1) is 0 Å². The summed E-state index contributed by atoms with van der Waals surface area (Å²) in [6.07, 6.45) is 9.66. The van der Waals surface area contributed by atoms with Gasteiger partial charge in [-0.25, -0.2) is 0 Å². The molecule has 134 valence electrons. The van der Waals surface area contributed by atoms with Gasteiger partial charge < -0.3 is 9.84 Å². The van der Waals surface area contributed by atoms with Crippen LogP contribution in [-0.2, 0) is 14.3 Å². The van der Waals surface area contributed by atoms with Gasteiger partial charge in [0.25, 0.3) is 0 Å². The van der Waals surface area contributed by atoms with Crippen molar-refractivity contribution < 1.29 is 19.4 Å². The highest BCUT2D eigenvalue weighted by Gasteiger charge is 2.08. The molecule has 0 aromatic carbocycles. The highest BCUT2D eigenvalue weighted by atomic mass is 16.5. The third kappa shape index (κ3) is 16.4. The molecule has 0 fully saturated rings. The zero-order valence-corrected chi connectivity index (χ0v) is 15.0. The second-order valence-electron chi connectivity index (χ2n) is 5.83. The summed E-state index contributed by atoms with van der Waals surface area (Å²) < 4.78 is 5.11. The van der Waals surface area contributed by atoms with Gasteiger partial charge in [0, 0.05) is 19.8 Å². The SMILES string of the molecule is CCCCCCCCC#CC#CC(CCCCC(=O)O)OC(C)=O. The van der Waals surface area contributed by atoms with Crippen molar-refractivity contribution in [3.63, 3.8) is 0 Å². The molecule has 0 spiro atoms. The monoisotopic (exact) mass is 334 g/mol. The van der Waals surface area contributed by atoms with E-state index in [1.165, 1.54) is 39.0 Å². The van der Waals surface area contributed by atoms with E-state index < -0.39 is 12.1 Å². The van der Waals surface area contributed by atoms with Crippen LogP contribution in [0.1, 0.15) is 84.5 Å². The number of aliphatic carboxylic acids is 1. The van der Waals surface area contributed by atoms with E-state index >= 15 is 0 Å². The summed E-state index contributed by atoms with van der Waals surface area (Å²) in [4.78, 5) is 21.5. The van der Waals surface area contributed by atoms with E-state index in [9.17, 15) is 9.59 Å². The van der Waals surface area contributed by atoms with Gasteiger partial charge in [-0.3, -0.25) is 9.59 Å². The molecular weight excluding hydrogens is 304 g/mol. The van der Waals surface area contributed by atoms with Crippen LogP contribution in [0.5, 0.6) is 0 Å². The number of hydrogen-bond acceptors (Lipinski definition) is 3. The largest absolute Gasteiger partial charge is 0.481 e. The zero-order chi connectivity index (χ0) is 18.0. The number of esters is 1. The Morgan fingerprint density at radius 2 is 1.71 bits per heavy atom. The Hall–Kier alpha value is -1.94. The summed E-state index contributed by atoms with van der Waals surface area (Å²) in [5, 5.41) is 8.60. The van der Waals surface area contributed by atoms with E-state index in [1.807, 2.05) is 0 Å². The molecule has 1 unspecified atom stereocenters. The minimum absolute atomic E-state index is 0.123. The van der Waals surface area contributed by atoms with Crippen molar-refractivity contribution in [2.24, 2.45) is 0 Å². The molecule has 1 N–H and O–H groups in total. The third-order valence-corrected chi connectivity index (χ3v) is 3.45. The summed E-state index contributed by atoms with van der Waals surface area (Å²) in [7, 11) is 0. The fourth-order valence-electron chi connectivity index (χ4n) is 2.18. The van der Waals surface area contributed by atoms with Crippen molar-refractivity contribution in [3.05, 3.63) is 0 Å². The molecule has 0 aromatic rings. The van der Waals surface area contributed by atoms with Gasteiger partial charge >= 0.3 is 11.9 Å². The lowest BCUT2D eigenvalue weighted by Gasteiger charge is -2.09. The molecule has 24 heavy (non-hydrogen) atoms. The molecule has 0 aliphatic rings. The van der Waals surface area contributed by atoms with Crippen LogP contribution in [0.25, 0.3) is 0 Å². The Labute approximate surface area is 146 Å². The van der Waals surface area contributed by atoms with Crippen molar-refractivity contribution >= 4 is 11.9 Å². The van der Waals surface area contributed by atoms with Gasteiger partial charge in [-0.1, -0.05) is 44.9 Å². The first kappa shape index (κ1) is 22.1. The number of carboxylic acid groups (broad SMARTS) is 1. The number of ether oxygens (including phenoxy) is 1. The fraction of sp³-hybridized carbons (Fsp3) is 0.700. The predicted molar refractivity (Wildman–Crippen MR) is 95.2 cm³/mol. The molecule has 0 heterocycles. The van der Waals surface area contributed by atoms with Gasteiger partial charge in [-0.2, -0.15) is 0 Å². The highest BCUT2D eigenvalue weighted by Crippen LogP contribution is 2.07. The second-order valence-corrected chi connectivity index (χ2v) is 5.83. The lowest BCUT2D eigenvalue weighted by Crippen LogP contribution is -2.14. The second kappa shape index (κ2) is 15.9. The first-order valence-electron chi connectivity index (χ1n) is 8.93. The van der Waals surface area contributed by atoms with Crippen molar-refractivity contribution in [1.29, 1.82) is 0 Å². The Bertz CT molecular complexity index is 473. The van der Waals surface area contributed by atoms with Crippen LogP contribution in [0.15, 0.2) is 0 Å². The highest BCUT2D eigenvalue weighted by molar-refractivity contribution is 5.67. The maximum Gasteiger partial charge on any atom is 0.303 e. The van der Waals surface area contributed by atoms with Crippen LogP contribution in [0.2, 0.25) is 0 Å². The van der Waals surface area contributed by atoms with Crippen LogP contribution < -0.4 is 0 Å². The molecule has 0 aromatic heterocycles. The first-order valence-corrected chi connectivity index (χ1v) is 8.93. The Balaban J connectivity index is 4.03. The molecule has 0 saturated carbocycles. The number of hydrogen-bond donors (Lipinski definition) is 1. The molecule has 1 atom stereocenters. The average Bonchev–Trinajstić information content (AvgIpc) is 2.52. The van der Waals surface area contributed by atoms with E-state index in [1.54, 1.807) is 0 Å². The van der Waals surface area contributed by atoms with Crippen molar-refractivity contribution in [2.45, 2.75) is 90.6 Å². The molecule has 4 nitrogen and oxygen atoms in total. The van der Waals surface area contributed by atoms with Crippen LogP contribution in [-0.4, -0.2) is 23.1 Å². The van der Waals surface area contributed by atoms with E-state index in [0.717, 1.165) is 12.8 Å². The van der Waals surface area contributed by atoms with Crippen molar-refractivity contribution in [1.82, 2.24) is 0 Å². The molecule has 0 rings (SSSR count). The van der Waals surface area contributed by atoms with Crippen LogP contribution in [0.4, 0.5) is 0 Å². The van der Waals surface area contributed by atoms with Gasteiger partial charge in [0.1, 0.15) is 0 Å². The molecule has 0 aliphatic carbocycles. The average molecular weight is 334 g/mol. The van der Waals surface area contributed by atoms with Gasteiger partial charge in [0.2, 0.25) is 0 Å². The Morgan fingerprint density at radius 1 is 1.00 bits per heavy atom. The number of unbranched alkanes of at least 4 members (excludes halogenated alkanes) is 7. The standard InChI is InChI=1S/C20H30O4/c1-3-4-5-6-7-8-9-10-11-12-15-19(24-18(2)21)16-13-14-17-20(22)23/h19H,3-9,13-14,16-17H2,1-2H3,(H,22,23). The van der Waals surface area contributed by atoms with Crippen molar-refractivity contribution in [3.8, 4) is 23.7 Å². The smallest absolute Gasteiger partial charge is 0.303 e. The van der Waals surface area contributed by atoms with Crippen LogP contribution in [0.3, 0.4) is 0 Å². The molecule has 4 heteroatoms. The van der Waals surface area contributed by atoms with Gasteiger partial charge in [0.15, 0.2) is 6.10 Å². The summed E-state index contributed by atoms with van der Waals surface area (Å²) >= 11 is 0. The molecule has 0 saturated heterocycles. The third-order valence-electron chi connectivity index (χ3n) is 3.45. The quantitative estimate of drug-likeness (QED) is 0.328. The van der Waals surface area contributed by atoms with E-state index in [0.29, 0.717) is 19.3 Å². The van der Waals surface area contributed by atoms with Crippen LogP contribution >= 0.6 is 0 Å². The molecular formula is C20H30O4. The summed E-state index contributed by atoms with van der Waals surface area (Å²) in [5.74, 6) is 10.2. The molecule has 0 bridgehead atoms. The first-order chi connectivity index (χ1) is 11.6. The Kier molecular flexibility index (Phi) is 14.6. The summed E-state index contributed by atoms with van der Waals surface area (Å²) in [5.41, 5.74) is 0. The molecule has 0 aliphatic heterocycles. The zero-order valence-electron chi connectivity index (χ0n) is 15.0. The van der Waals surface area contributed by atoms with E-state index in [4.69, 9.17) is 9.84 Å². The van der Waals surface area contributed by atoms with Gasteiger partial charge in [-0.15, -0.1) is 0 Å². The lowest BCUT2D eigenvalue weighted by molar-refractivity contribution is -0.144. The number of rotatable bonds is 12. The summed E-state index contributed by atoms with van der Waals surface area (Å²) in [6.45, 7) is 3.55. The topological polar surface area (TPSA) is 63.6 Å². The van der Waals surface area contributed by atoms with E-state index in [2.05, 4.69) is 30.6 Å². The number of carbonyl (C=O) groups excluding carboxylic acids is 1. The Morgan fingerprint density at radius 3 is 2.38 bits per heavy atom. The van der Waals surface area contributed by atoms with Crippen LogP contribution in [0, 0.1) is 23.7 Å². The normalized spacial score (nSPS) is 10.8. The predicted octanol–water partition coefficient (Wildman–Crippen LogP) is 4.32. The maximum atomic E-state index is 11.1. The fourth-order valence-corrected chi connectivity index (χ4v) is 2.18. The lowest BCUT2D eigenvalue weighted by atomic mass is 10.1. The number of carbonyl (C=O) groups is 2. The minimum atomic E-state index is -0.814. The van der Waals surface area contributed by atoms with Gasteiger partial charge in [-0.05, 0) is 43.4 Å². The summed E-state index contributed by atoms with van der Waals surface area (Å²) in [6, 6.07) is 0. The molecule has 0 radical (unpaired) electrons. The number of carboxylic acids is 1. The minimum Gasteiger partial charge on any atom is -0.481 e. The van der Waals surface area contributed by atoms with Crippen molar-refractivity contribution in [2.75, 3.05) is 0 Å². The maximum absolute atomic E-state index is 11.1. The van der Waals surface area contributed by atoms with E-state index in [-0.39, 0.29) is 12.4 Å².